The van der Waals surface area contributed by atoms with Gasteiger partial charge in [0.1, 0.15) is 11.5 Å². The summed E-state index contributed by atoms with van der Waals surface area (Å²) in [4.78, 5) is 0. The maximum atomic E-state index is 10.1. The standard InChI is InChI=1S/C19H17N3O2S/c1-24-15-9-7-14(8-10-15)21-19(25)22-20-12-17-16-5-3-2-4-13(16)6-11-18(17)23/h2-12,23H,1H3,(H2,21,22,25)/b20-12-. The number of hydrazone groups is 1. The first-order valence-corrected chi connectivity index (χ1v) is 8.03. The Kier molecular flexibility index (Phi) is 5.11. The Hall–Kier alpha value is -3.12. The zero-order valence-corrected chi connectivity index (χ0v) is 14.4. The lowest BCUT2D eigenvalue weighted by Crippen LogP contribution is -2.23. The normalized spacial score (nSPS) is 10.8. The van der Waals surface area contributed by atoms with Crippen LogP contribution >= 0.6 is 12.2 Å². The van der Waals surface area contributed by atoms with Gasteiger partial charge < -0.3 is 15.2 Å². The van der Waals surface area contributed by atoms with Crippen LogP contribution < -0.4 is 15.5 Å². The van der Waals surface area contributed by atoms with E-state index in [-0.39, 0.29) is 5.75 Å². The molecule has 3 rings (SSSR count). The van der Waals surface area contributed by atoms with Gasteiger partial charge in [-0.2, -0.15) is 5.10 Å². The Morgan fingerprint density at radius 1 is 1.08 bits per heavy atom. The number of hydrogen-bond donors (Lipinski definition) is 3. The van der Waals surface area contributed by atoms with Gasteiger partial charge >= 0.3 is 0 Å². The van der Waals surface area contributed by atoms with Crippen LogP contribution in [0.25, 0.3) is 10.8 Å². The molecule has 3 aromatic rings. The van der Waals surface area contributed by atoms with Gasteiger partial charge in [-0.15, -0.1) is 0 Å². The number of phenolic OH excluding ortho intramolecular Hbond substituents is 1. The van der Waals surface area contributed by atoms with Gasteiger partial charge in [0, 0.05) is 11.3 Å². The molecule has 0 bridgehead atoms. The molecule has 0 heterocycles. The van der Waals surface area contributed by atoms with Gasteiger partial charge in [0.2, 0.25) is 0 Å². The quantitative estimate of drug-likeness (QED) is 0.378. The van der Waals surface area contributed by atoms with Gasteiger partial charge in [0.25, 0.3) is 0 Å². The number of nitrogens with zero attached hydrogens (tertiary/aromatic N) is 1. The second kappa shape index (κ2) is 7.63. The molecular weight excluding hydrogens is 334 g/mol. The van der Waals surface area contributed by atoms with Crippen molar-refractivity contribution in [1.29, 1.82) is 0 Å². The molecule has 3 N–H and O–H groups in total. The zero-order chi connectivity index (χ0) is 17.6. The summed E-state index contributed by atoms with van der Waals surface area (Å²) in [6, 6.07) is 18.7. The van der Waals surface area contributed by atoms with Crippen LogP contribution in [0.1, 0.15) is 5.56 Å². The van der Waals surface area contributed by atoms with E-state index in [1.807, 2.05) is 54.6 Å². The molecule has 3 aromatic carbocycles. The number of methoxy groups -OCH3 is 1. The van der Waals surface area contributed by atoms with Crippen LogP contribution in [-0.4, -0.2) is 23.5 Å². The summed E-state index contributed by atoms with van der Waals surface area (Å²) >= 11 is 5.21. The first kappa shape index (κ1) is 16.7. The van der Waals surface area contributed by atoms with Crippen molar-refractivity contribution in [2.24, 2.45) is 5.10 Å². The minimum absolute atomic E-state index is 0.165. The first-order chi connectivity index (χ1) is 12.2. The number of nitrogens with one attached hydrogen (secondary N) is 2. The maximum Gasteiger partial charge on any atom is 0.191 e. The first-order valence-electron chi connectivity index (χ1n) is 7.62. The van der Waals surface area contributed by atoms with Gasteiger partial charge in [-0.05, 0) is 53.3 Å². The Labute approximate surface area is 150 Å². The molecule has 25 heavy (non-hydrogen) atoms. The van der Waals surface area contributed by atoms with Crippen LogP contribution in [-0.2, 0) is 0 Å². The molecule has 0 radical (unpaired) electrons. The van der Waals surface area contributed by atoms with Crippen molar-refractivity contribution in [3.63, 3.8) is 0 Å². The summed E-state index contributed by atoms with van der Waals surface area (Å²) < 4.78 is 5.11. The molecule has 0 aromatic heterocycles. The van der Waals surface area contributed by atoms with Crippen molar-refractivity contribution in [3.8, 4) is 11.5 Å². The maximum absolute atomic E-state index is 10.1. The number of phenols is 1. The molecular formula is C19H17N3O2S. The molecule has 6 heteroatoms. The van der Waals surface area contributed by atoms with E-state index in [1.165, 1.54) is 0 Å². The second-order valence-corrected chi connectivity index (χ2v) is 5.68. The van der Waals surface area contributed by atoms with E-state index >= 15 is 0 Å². The third kappa shape index (κ3) is 4.05. The number of thiocarbonyl (C=S) groups is 1. The van der Waals surface area contributed by atoms with Crippen molar-refractivity contribution in [2.75, 3.05) is 12.4 Å². The molecule has 0 atom stereocenters. The summed E-state index contributed by atoms with van der Waals surface area (Å²) in [7, 11) is 1.62. The summed E-state index contributed by atoms with van der Waals surface area (Å²) in [5.41, 5.74) is 4.21. The molecule has 0 aliphatic carbocycles. The van der Waals surface area contributed by atoms with E-state index in [4.69, 9.17) is 17.0 Å². The highest BCUT2D eigenvalue weighted by molar-refractivity contribution is 7.80. The third-order valence-corrected chi connectivity index (χ3v) is 3.85. The van der Waals surface area contributed by atoms with Crippen LogP contribution in [0.2, 0.25) is 0 Å². The van der Waals surface area contributed by atoms with Crippen LogP contribution in [0.4, 0.5) is 5.69 Å². The van der Waals surface area contributed by atoms with Crippen molar-refractivity contribution in [3.05, 3.63) is 66.2 Å². The highest BCUT2D eigenvalue weighted by Crippen LogP contribution is 2.25. The smallest absolute Gasteiger partial charge is 0.191 e. The molecule has 0 aliphatic rings. The van der Waals surface area contributed by atoms with E-state index in [1.54, 1.807) is 19.4 Å². The Morgan fingerprint density at radius 3 is 2.60 bits per heavy atom. The van der Waals surface area contributed by atoms with Crippen molar-refractivity contribution in [1.82, 2.24) is 5.43 Å². The SMILES string of the molecule is COc1ccc(NC(=S)N/N=C\c2c(O)ccc3ccccc23)cc1. The highest BCUT2D eigenvalue weighted by Gasteiger charge is 2.04. The number of aromatic hydroxyl groups is 1. The van der Waals surface area contributed by atoms with E-state index in [0.717, 1.165) is 22.2 Å². The van der Waals surface area contributed by atoms with E-state index < -0.39 is 0 Å². The van der Waals surface area contributed by atoms with Crippen LogP contribution in [0, 0.1) is 0 Å². The molecule has 0 saturated carbocycles. The monoisotopic (exact) mass is 351 g/mol. The lowest BCUT2D eigenvalue weighted by atomic mass is 10.0. The van der Waals surface area contributed by atoms with Gasteiger partial charge in [-0.25, -0.2) is 0 Å². The van der Waals surface area contributed by atoms with Gasteiger partial charge in [0.05, 0.1) is 13.3 Å². The number of benzene rings is 3. The fraction of sp³-hybridized carbons (Fsp3) is 0.0526. The Bertz CT molecular complexity index is 924. The lowest BCUT2D eigenvalue weighted by molar-refractivity contribution is 0.415. The van der Waals surface area contributed by atoms with Crippen LogP contribution in [0.5, 0.6) is 11.5 Å². The van der Waals surface area contributed by atoms with Crippen molar-refractivity contribution in [2.45, 2.75) is 0 Å². The fourth-order valence-electron chi connectivity index (χ4n) is 2.41. The fourth-order valence-corrected chi connectivity index (χ4v) is 2.58. The van der Waals surface area contributed by atoms with E-state index in [9.17, 15) is 5.11 Å². The number of anilines is 1. The third-order valence-electron chi connectivity index (χ3n) is 3.66. The van der Waals surface area contributed by atoms with E-state index in [0.29, 0.717) is 10.7 Å². The predicted octanol–water partition coefficient (Wildman–Crippen LogP) is 3.87. The molecule has 0 amide bonds. The van der Waals surface area contributed by atoms with Crippen molar-refractivity contribution >= 4 is 40.0 Å². The molecule has 0 fully saturated rings. The number of hydrogen-bond acceptors (Lipinski definition) is 4. The molecule has 126 valence electrons. The number of ether oxygens (including phenoxy) is 1. The number of rotatable bonds is 4. The summed E-state index contributed by atoms with van der Waals surface area (Å²) in [6.07, 6.45) is 1.56. The second-order valence-electron chi connectivity index (χ2n) is 5.27. The van der Waals surface area contributed by atoms with Crippen LogP contribution in [0.15, 0.2) is 65.8 Å². The molecule has 5 nitrogen and oxygen atoms in total. The summed E-state index contributed by atoms with van der Waals surface area (Å²) in [6.45, 7) is 0. The molecule has 0 unspecified atom stereocenters. The average molecular weight is 351 g/mol. The highest BCUT2D eigenvalue weighted by atomic mass is 32.1. The summed E-state index contributed by atoms with van der Waals surface area (Å²) in [5, 5.41) is 19.5. The van der Waals surface area contributed by atoms with Gasteiger partial charge in [0.15, 0.2) is 5.11 Å². The largest absolute Gasteiger partial charge is 0.507 e. The lowest BCUT2D eigenvalue weighted by Gasteiger charge is -2.08. The Balaban J connectivity index is 1.68. The average Bonchev–Trinajstić information content (AvgIpc) is 2.64. The van der Waals surface area contributed by atoms with Crippen molar-refractivity contribution < 1.29 is 9.84 Å². The van der Waals surface area contributed by atoms with Crippen LogP contribution in [0.3, 0.4) is 0 Å². The summed E-state index contributed by atoms with van der Waals surface area (Å²) in [5.74, 6) is 0.937. The van der Waals surface area contributed by atoms with Gasteiger partial charge in [-0.1, -0.05) is 30.3 Å². The zero-order valence-electron chi connectivity index (χ0n) is 13.6. The number of fused-ring (bicyclic) bond motifs is 1. The molecule has 0 spiro atoms. The van der Waals surface area contributed by atoms with E-state index in [2.05, 4.69) is 15.8 Å². The molecule has 0 aliphatic heterocycles. The Morgan fingerprint density at radius 2 is 1.84 bits per heavy atom. The molecule has 0 saturated heterocycles. The van der Waals surface area contributed by atoms with Gasteiger partial charge in [-0.3, -0.25) is 5.43 Å². The topological polar surface area (TPSA) is 65.9 Å². The minimum Gasteiger partial charge on any atom is -0.507 e. The predicted molar refractivity (Wildman–Crippen MR) is 106 cm³/mol. The minimum atomic E-state index is 0.165.